The molecule has 7 aliphatic rings. The molecule has 310 valence electrons. The van der Waals surface area contributed by atoms with Gasteiger partial charge in [-0.1, -0.05) is 27.4 Å². The van der Waals surface area contributed by atoms with Crippen molar-refractivity contribution in [2.24, 2.45) is 46.3 Å². The molecule has 3 saturated heterocycles. The lowest BCUT2D eigenvalue weighted by molar-refractivity contribution is -0.322. The predicted octanol–water partition coefficient (Wildman–Crippen LogP) is -1.78. The van der Waals surface area contributed by atoms with Crippen molar-refractivity contribution in [3.8, 4) is 0 Å². The molecular weight excluding hydrogens is 712 g/mol. The van der Waals surface area contributed by atoms with Crippen molar-refractivity contribution in [2.75, 3.05) is 13.2 Å². The molecule has 0 aromatic carbocycles. The van der Waals surface area contributed by atoms with E-state index in [9.17, 15) is 56.2 Å². The molecule has 16 nitrogen and oxygen atoms in total. The highest BCUT2D eigenvalue weighted by molar-refractivity contribution is 5.17. The summed E-state index contributed by atoms with van der Waals surface area (Å²) in [5.41, 5.74) is -0.817. The average molecular weight is 775 g/mol. The third-order valence-corrected chi connectivity index (χ3v) is 15.5. The molecule has 0 radical (unpaired) electrons. The minimum atomic E-state index is -1.59. The van der Waals surface area contributed by atoms with Crippen molar-refractivity contribution in [1.29, 1.82) is 0 Å². The maximum atomic E-state index is 11.9. The lowest BCUT2D eigenvalue weighted by Gasteiger charge is -2.63. The second kappa shape index (κ2) is 15.0. The Morgan fingerprint density at radius 1 is 0.759 bits per heavy atom. The Balaban J connectivity index is 0.990. The SMILES string of the molecule is C=C(CC[C@@]1(O)OC2C[C@H]3[C@@H]4C[C@@H](O)[C@@H]5C[C@@H](O[C@@H]6O[C@H](CO)[C@H](O)[C@H](O)[C@H]6O)C[C@@H](O)[C@]5(C)[C@H]4CC[C@]3(C)[C@H]2[C@@H]1C)O[C@@H]1O[C@H](CO)[C@@H](O)[C@H](O)[C@H]1O. The summed E-state index contributed by atoms with van der Waals surface area (Å²) in [5, 5.41) is 116. The Kier molecular flexibility index (Phi) is 11.4. The second-order valence-electron chi connectivity index (χ2n) is 18.0. The van der Waals surface area contributed by atoms with Crippen LogP contribution in [0.4, 0.5) is 0 Å². The molecule has 0 spiro atoms. The van der Waals surface area contributed by atoms with Gasteiger partial charge in [0, 0.05) is 30.6 Å². The van der Waals surface area contributed by atoms with Crippen LogP contribution in [0.1, 0.15) is 72.1 Å². The molecule has 23 atom stereocenters. The Morgan fingerprint density at radius 3 is 2.00 bits per heavy atom. The van der Waals surface area contributed by atoms with Crippen LogP contribution in [0, 0.1) is 46.3 Å². The molecule has 3 heterocycles. The van der Waals surface area contributed by atoms with Crippen LogP contribution >= 0.6 is 0 Å². The second-order valence-corrected chi connectivity index (χ2v) is 18.0. The first kappa shape index (κ1) is 41.1. The predicted molar refractivity (Wildman–Crippen MR) is 184 cm³/mol. The third-order valence-electron chi connectivity index (χ3n) is 15.5. The number of aliphatic hydroxyl groups is 11. The normalized spacial score (nSPS) is 57.1. The first-order valence-corrected chi connectivity index (χ1v) is 19.8. The minimum Gasteiger partial charge on any atom is -0.467 e. The maximum absolute atomic E-state index is 11.9. The number of ether oxygens (including phenoxy) is 5. The average Bonchev–Trinajstić information content (AvgIpc) is 3.57. The van der Waals surface area contributed by atoms with Gasteiger partial charge in [0.2, 0.25) is 6.29 Å². The number of aliphatic hydroxyl groups excluding tert-OH is 10. The molecule has 4 saturated carbocycles. The number of allylic oxidation sites excluding steroid dienone is 1. The molecule has 4 aliphatic carbocycles. The fourth-order valence-corrected chi connectivity index (χ4v) is 12.5. The van der Waals surface area contributed by atoms with E-state index in [1.807, 2.05) is 6.92 Å². The summed E-state index contributed by atoms with van der Waals surface area (Å²) in [6, 6.07) is 0. The number of rotatable bonds is 9. The van der Waals surface area contributed by atoms with Crippen molar-refractivity contribution in [1.82, 2.24) is 0 Å². The van der Waals surface area contributed by atoms with Gasteiger partial charge < -0.3 is 79.9 Å². The highest BCUT2D eigenvalue weighted by atomic mass is 16.7. The third kappa shape index (κ3) is 6.49. The van der Waals surface area contributed by atoms with Gasteiger partial charge in [-0.3, -0.25) is 0 Å². The topological polar surface area (TPSA) is 269 Å². The van der Waals surface area contributed by atoms with Crippen LogP contribution in [0.3, 0.4) is 0 Å². The van der Waals surface area contributed by atoms with Crippen LogP contribution in [0.5, 0.6) is 0 Å². The fraction of sp³-hybridized carbons (Fsp3) is 0.947. The van der Waals surface area contributed by atoms with Gasteiger partial charge in [0.15, 0.2) is 12.1 Å². The van der Waals surface area contributed by atoms with E-state index in [1.165, 1.54) is 0 Å². The van der Waals surface area contributed by atoms with Gasteiger partial charge in [-0.15, -0.1) is 0 Å². The van der Waals surface area contributed by atoms with Crippen molar-refractivity contribution in [3.63, 3.8) is 0 Å². The van der Waals surface area contributed by atoms with Crippen LogP contribution in [0.25, 0.3) is 0 Å². The quantitative estimate of drug-likeness (QED) is 0.0913. The van der Waals surface area contributed by atoms with Crippen LogP contribution in [0.15, 0.2) is 12.3 Å². The molecule has 0 aromatic heterocycles. The summed E-state index contributed by atoms with van der Waals surface area (Å²) < 4.78 is 29.3. The zero-order valence-electron chi connectivity index (χ0n) is 31.3. The maximum Gasteiger partial charge on any atom is 0.228 e. The molecular formula is C38H62O16. The molecule has 16 heteroatoms. The van der Waals surface area contributed by atoms with Gasteiger partial charge in [0.1, 0.15) is 48.8 Å². The lowest BCUT2D eigenvalue weighted by atomic mass is 9.43. The summed E-state index contributed by atoms with van der Waals surface area (Å²) in [6.07, 6.45) is -12.8. The number of hydrogen-bond donors (Lipinski definition) is 11. The van der Waals surface area contributed by atoms with Gasteiger partial charge >= 0.3 is 0 Å². The van der Waals surface area contributed by atoms with Crippen LogP contribution in [-0.4, -0.2) is 161 Å². The van der Waals surface area contributed by atoms with E-state index >= 15 is 0 Å². The van der Waals surface area contributed by atoms with Gasteiger partial charge in [0.25, 0.3) is 0 Å². The van der Waals surface area contributed by atoms with E-state index < -0.39 is 104 Å². The Morgan fingerprint density at radius 2 is 1.37 bits per heavy atom. The minimum absolute atomic E-state index is 0.0309. The molecule has 3 aliphatic heterocycles. The zero-order valence-corrected chi connectivity index (χ0v) is 31.3. The molecule has 7 rings (SSSR count). The lowest BCUT2D eigenvalue weighted by Crippen LogP contribution is -2.64. The summed E-state index contributed by atoms with van der Waals surface area (Å²) in [5.74, 6) is -1.43. The van der Waals surface area contributed by atoms with E-state index in [4.69, 9.17) is 23.7 Å². The van der Waals surface area contributed by atoms with Gasteiger partial charge in [0.05, 0.1) is 43.4 Å². The Hall–Kier alpha value is -1.06. The first-order chi connectivity index (χ1) is 25.4. The number of hydrogen-bond acceptors (Lipinski definition) is 16. The van der Waals surface area contributed by atoms with Gasteiger partial charge in [-0.25, -0.2) is 0 Å². The molecule has 7 fully saturated rings. The summed E-state index contributed by atoms with van der Waals surface area (Å²) in [4.78, 5) is 0. The molecule has 1 unspecified atom stereocenters. The highest BCUT2D eigenvalue weighted by Gasteiger charge is 2.70. The monoisotopic (exact) mass is 774 g/mol. The van der Waals surface area contributed by atoms with E-state index in [2.05, 4.69) is 20.4 Å². The van der Waals surface area contributed by atoms with Crippen molar-refractivity contribution >= 4 is 0 Å². The zero-order chi connectivity index (χ0) is 39.2. The summed E-state index contributed by atoms with van der Waals surface area (Å²) >= 11 is 0. The Labute approximate surface area is 315 Å². The highest BCUT2D eigenvalue weighted by Crippen LogP contribution is 2.71. The van der Waals surface area contributed by atoms with Gasteiger partial charge in [-0.05, 0) is 67.1 Å². The molecule has 0 aromatic rings. The summed E-state index contributed by atoms with van der Waals surface area (Å²) in [6.45, 7) is 9.09. The largest absolute Gasteiger partial charge is 0.467 e. The molecule has 0 amide bonds. The van der Waals surface area contributed by atoms with E-state index in [1.54, 1.807) is 0 Å². The number of fused-ring (bicyclic) bond motifs is 7. The fourth-order valence-electron chi connectivity index (χ4n) is 12.5. The smallest absolute Gasteiger partial charge is 0.228 e. The molecule has 54 heavy (non-hydrogen) atoms. The van der Waals surface area contributed by atoms with E-state index in [0.717, 1.165) is 12.8 Å². The molecule has 11 N–H and O–H groups in total. The van der Waals surface area contributed by atoms with Gasteiger partial charge in [-0.2, -0.15) is 0 Å². The van der Waals surface area contributed by atoms with Crippen molar-refractivity contribution in [3.05, 3.63) is 12.3 Å². The first-order valence-electron chi connectivity index (χ1n) is 19.8. The van der Waals surface area contributed by atoms with E-state index in [-0.39, 0.29) is 72.0 Å². The Bertz CT molecular complexity index is 1350. The van der Waals surface area contributed by atoms with Crippen molar-refractivity contribution < 1.29 is 79.9 Å². The molecule has 0 bridgehead atoms. The standard InChI is InChI=1S/C38H62O16/c1-15(50-34-32(47)30(45)28(43)24(13-39)52-34)5-8-38(49)16(2)27-23(54-38)12-20-18-11-22(41)21-9-17(51-35-33(48)31(46)29(44)25(14-40)53-35)10-26(42)37(21,4)19(18)6-7-36(20,27)3/h16-35,39-49H,1,5-14H2,2-4H3/t16-,17+,18+,19-,20-,21-,22+,23?,24+,25+,26+,27-,28+,29-,30-,31-,32+,33+,34+,35+,36-,37+,38+/m0/s1. The van der Waals surface area contributed by atoms with Crippen LogP contribution in [0.2, 0.25) is 0 Å². The van der Waals surface area contributed by atoms with Crippen LogP contribution < -0.4 is 0 Å². The summed E-state index contributed by atoms with van der Waals surface area (Å²) in [7, 11) is 0. The van der Waals surface area contributed by atoms with Crippen molar-refractivity contribution in [2.45, 2.75) is 164 Å². The van der Waals surface area contributed by atoms with E-state index in [0.29, 0.717) is 19.3 Å². The van der Waals surface area contributed by atoms with Crippen LogP contribution in [-0.2, 0) is 23.7 Å².